The molecule has 0 bridgehead atoms. The second-order valence-corrected chi connectivity index (χ2v) is 8.66. The molecular formula is C21H20Cl4F3N5O3. The first kappa shape index (κ1) is 29.9. The summed E-state index contributed by atoms with van der Waals surface area (Å²) in [4.78, 5) is 25.6. The number of aliphatic hydroxyl groups is 1. The maximum atomic E-state index is 13.0. The lowest BCUT2D eigenvalue weighted by atomic mass is 10.1. The van der Waals surface area contributed by atoms with Gasteiger partial charge in [0.15, 0.2) is 11.9 Å². The summed E-state index contributed by atoms with van der Waals surface area (Å²) in [6, 6.07) is 9.83. The highest BCUT2D eigenvalue weighted by molar-refractivity contribution is 6.42. The van der Waals surface area contributed by atoms with Crippen molar-refractivity contribution in [2.45, 2.75) is 31.4 Å². The molecule has 0 radical (unpaired) electrons. The van der Waals surface area contributed by atoms with E-state index in [1.807, 2.05) is 0 Å². The molecule has 0 saturated carbocycles. The third-order valence-electron chi connectivity index (χ3n) is 4.98. The average molecular weight is 589 g/mol. The summed E-state index contributed by atoms with van der Waals surface area (Å²) >= 11 is 18.1. The van der Waals surface area contributed by atoms with Gasteiger partial charge in [-0.25, -0.2) is 9.48 Å². The second-order valence-electron chi connectivity index (χ2n) is 7.44. The minimum absolute atomic E-state index is 0. The largest absolute Gasteiger partial charge is 0.416 e. The fourth-order valence-electron chi connectivity index (χ4n) is 3.23. The molecule has 4 N–H and O–H groups in total. The van der Waals surface area contributed by atoms with E-state index in [4.69, 9.17) is 40.5 Å². The van der Waals surface area contributed by atoms with Crippen LogP contribution in [0.2, 0.25) is 15.1 Å². The lowest BCUT2D eigenvalue weighted by molar-refractivity contribution is -0.207. The fraction of sp³-hybridized carbons (Fsp3) is 0.286. The van der Waals surface area contributed by atoms with Crippen molar-refractivity contribution < 1.29 is 23.1 Å². The van der Waals surface area contributed by atoms with E-state index < -0.39 is 43.0 Å². The van der Waals surface area contributed by atoms with Gasteiger partial charge in [0, 0.05) is 17.1 Å². The smallest absolute Gasteiger partial charge is 0.382 e. The Bertz CT molecular complexity index is 1270. The van der Waals surface area contributed by atoms with E-state index >= 15 is 0 Å². The van der Waals surface area contributed by atoms with Crippen LogP contribution >= 0.6 is 47.2 Å². The molecule has 3 aromatic rings. The molecule has 1 unspecified atom stereocenters. The molecule has 0 aliphatic carbocycles. The van der Waals surface area contributed by atoms with E-state index in [9.17, 15) is 27.9 Å². The maximum absolute atomic E-state index is 13.0. The average Bonchev–Trinajstić information content (AvgIpc) is 3.09. The quantitative estimate of drug-likeness (QED) is 0.370. The second kappa shape index (κ2) is 12.3. The van der Waals surface area contributed by atoms with Crippen LogP contribution in [0, 0.1) is 0 Å². The molecule has 8 nitrogen and oxygen atoms in total. The van der Waals surface area contributed by atoms with Crippen LogP contribution in [0.4, 0.5) is 13.2 Å². The Kier molecular flexibility index (Phi) is 10.2. The molecule has 0 spiro atoms. The number of rotatable bonds is 8. The Morgan fingerprint density at radius 1 is 1.14 bits per heavy atom. The lowest BCUT2D eigenvalue weighted by Crippen LogP contribution is -2.40. The van der Waals surface area contributed by atoms with Gasteiger partial charge >= 0.3 is 11.9 Å². The summed E-state index contributed by atoms with van der Waals surface area (Å²) in [6.45, 7) is -1.81. The van der Waals surface area contributed by atoms with Crippen LogP contribution in [0.3, 0.4) is 0 Å². The van der Waals surface area contributed by atoms with Gasteiger partial charge in [-0.3, -0.25) is 9.36 Å². The number of amides is 1. The van der Waals surface area contributed by atoms with Gasteiger partial charge in [-0.1, -0.05) is 46.9 Å². The van der Waals surface area contributed by atoms with Crippen molar-refractivity contribution in [3.05, 3.63) is 73.6 Å². The maximum Gasteiger partial charge on any atom is 0.416 e. The zero-order chi connectivity index (χ0) is 25.9. The number of benzene rings is 2. The van der Waals surface area contributed by atoms with Crippen molar-refractivity contribution in [3.63, 3.8) is 0 Å². The summed E-state index contributed by atoms with van der Waals surface area (Å²) in [5.74, 6) is -0.890. The normalized spacial score (nSPS) is 13.1. The predicted molar refractivity (Wildman–Crippen MR) is 133 cm³/mol. The van der Waals surface area contributed by atoms with Gasteiger partial charge in [0.2, 0.25) is 5.91 Å². The van der Waals surface area contributed by atoms with Crippen LogP contribution in [-0.2, 0) is 17.9 Å². The number of aliphatic hydroxyl groups excluding tert-OH is 1. The van der Waals surface area contributed by atoms with E-state index in [0.29, 0.717) is 19.8 Å². The van der Waals surface area contributed by atoms with Gasteiger partial charge in [0.05, 0.1) is 22.6 Å². The van der Waals surface area contributed by atoms with Crippen LogP contribution < -0.4 is 16.7 Å². The predicted octanol–water partition coefficient (Wildman–Crippen LogP) is 3.83. The van der Waals surface area contributed by atoms with E-state index in [0.717, 1.165) is 0 Å². The third-order valence-corrected chi connectivity index (χ3v) is 6.07. The Morgan fingerprint density at radius 2 is 1.78 bits per heavy atom. The Labute approximate surface area is 224 Å². The number of carbonyl (C=O) groups is 1. The number of carbonyl (C=O) groups excluding carboxylic acids is 1. The summed E-state index contributed by atoms with van der Waals surface area (Å²) in [7, 11) is 0. The number of hydrogen-bond acceptors (Lipinski definition) is 5. The molecule has 2 atom stereocenters. The molecule has 36 heavy (non-hydrogen) atoms. The summed E-state index contributed by atoms with van der Waals surface area (Å²) in [5, 5.41) is 17.0. The van der Waals surface area contributed by atoms with Gasteiger partial charge in [-0.05, 0) is 35.9 Å². The summed E-state index contributed by atoms with van der Waals surface area (Å²) in [5.41, 5.74) is 5.43. The minimum atomic E-state index is -4.97. The molecule has 0 aliphatic heterocycles. The number of hydrogen-bond donors (Lipinski definition) is 3. The molecule has 2 aromatic carbocycles. The van der Waals surface area contributed by atoms with Crippen LogP contribution in [0.1, 0.15) is 11.6 Å². The van der Waals surface area contributed by atoms with E-state index in [1.54, 1.807) is 18.2 Å². The SMILES string of the molecule is Cl.NCC(NC(=O)Cn1nc(-c2ccc(Cl)cc2)n(C[C@H](O)C(F)(F)F)c1=O)c1cccc(Cl)c1Cl. The highest BCUT2D eigenvalue weighted by Gasteiger charge is 2.39. The lowest BCUT2D eigenvalue weighted by Gasteiger charge is -2.19. The topological polar surface area (TPSA) is 115 Å². The zero-order valence-electron chi connectivity index (χ0n) is 18.2. The molecule has 1 amide bonds. The van der Waals surface area contributed by atoms with Crippen molar-refractivity contribution in [3.8, 4) is 11.4 Å². The van der Waals surface area contributed by atoms with E-state index in [-0.39, 0.29) is 40.4 Å². The number of nitrogens with zero attached hydrogens (tertiary/aromatic N) is 3. The third kappa shape index (κ3) is 6.93. The molecule has 0 aliphatic rings. The van der Waals surface area contributed by atoms with Gasteiger partial charge in [0.25, 0.3) is 0 Å². The van der Waals surface area contributed by atoms with E-state index in [2.05, 4.69) is 10.4 Å². The Balaban J connectivity index is 0.00000456. The van der Waals surface area contributed by atoms with Gasteiger partial charge in [-0.15, -0.1) is 17.5 Å². The van der Waals surface area contributed by atoms with Crippen LogP contribution in [0.25, 0.3) is 11.4 Å². The van der Waals surface area contributed by atoms with Gasteiger partial charge < -0.3 is 16.2 Å². The number of aromatic nitrogens is 3. The fourth-order valence-corrected chi connectivity index (χ4v) is 3.79. The summed E-state index contributed by atoms with van der Waals surface area (Å²) in [6.07, 6.45) is -7.80. The number of nitrogens with one attached hydrogen (secondary N) is 1. The first-order chi connectivity index (χ1) is 16.4. The zero-order valence-corrected chi connectivity index (χ0v) is 21.3. The standard InChI is InChI=1S/C21H19Cl3F3N5O3.ClH/c22-12-6-4-11(5-7-12)19-30-32(20(35)31(19)9-16(33)21(25,26)27)10-17(34)29-15(8-28)13-2-1-3-14(23)18(13)24;/h1-7,15-16,33H,8-10,28H2,(H,29,34);1H/t15?,16-;/m0./s1. The number of nitrogens with two attached hydrogens (primary N) is 1. The minimum Gasteiger partial charge on any atom is -0.382 e. The number of halogens is 7. The summed E-state index contributed by atoms with van der Waals surface area (Å²) < 4.78 is 40.2. The first-order valence-electron chi connectivity index (χ1n) is 10.0. The first-order valence-corrected chi connectivity index (χ1v) is 11.2. The molecule has 1 aromatic heterocycles. The molecule has 0 saturated heterocycles. The van der Waals surface area contributed by atoms with E-state index in [1.165, 1.54) is 24.3 Å². The van der Waals surface area contributed by atoms with Crippen LogP contribution in [0.5, 0.6) is 0 Å². The van der Waals surface area contributed by atoms with Crippen molar-refractivity contribution in [2.24, 2.45) is 5.73 Å². The van der Waals surface area contributed by atoms with Crippen LogP contribution in [0.15, 0.2) is 47.3 Å². The van der Waals surface area contributed by atoms with Gasteiger partial charge in [-0.2, -0.15) is 13.2 Å². The molecule has 3 rings (SSSR count). The molecule has 0 fully saturated rings. The monoisotopic (exact) mass is 587 g/mol. The molecular weight excluding hydrogens is 569 g/mol. The molecule has 1 heterocycles. The van der Waals surface area contributed by atoms with Crippen molar-refractivity contribution in [1.82, 2.24) is 19.7 Å². The van der Waals surface area contributed by atoms with Crippen molar-refractivity contribution in [2.75, 3.05) is 6.54 Å². The molecule has 196 valence electrons. The van der Waals surface area contributed by atoms with Crippen molar-refractivity contribution >= 4 is 53.1 Å². The Morgan fingerprint density at radius 3 is 2.36 bits per heavy atom. The highest BCUT2D eigenvalue weighted by atomic mass is 35.5. The Hall–Kier alpha value is -2.28. The molecule has 15 heteroatoms. The van der Waals surface area contributed by atoms with Gasteiger partial charge in [0.1, 0.15) is 6.54 Å². The van der Waals surface area contributed by atoms with Crippen LogP contribution in [-0.4, -0.2) is 44.2 Å². The number of alkyl halides is 3. The highest BCUT2D eigenvalue weighted by Crippen LogP contribution is 2.29. The van der Waals surface area contributed by atoms with Crippen molar-refractivity contribution in [1.29, 1.82) is 0 Å².